The van der Waals surface area contributed by atoms with E-state index in [9.17, 15) is 9.59 Å². The van der Waals surface area contributed by atoms with Crippen molar-refractivity contribution in [1.82, 2.24) is 0 Å². The van der Waals surface area contributed by atoms with Gasteiger partial charge in [-0.25, -0.2) is 9.86 Å². The van der Waals surface area contributed by atoms with E-state index in [2.05, 4.69) is 5.32 Å². The average molecular weight is 449 g/mol. The fourth-order valence-electron chi connectivity index (χ4n) is 4.73. The number of hydrogen-bond acceptors (Lipinski definition) is 5. The van der Waals surface area contributed by atoms with E-state index in [4.69, 9.17) is 21.2 Å². The van der Waals surface area contributed by atoms with Crippen molar-refractivity contribution in [3.63, 3.8) is 0 Å². The molecule has 0 radical (unpaired) electrons. The summed E-state index contributed by atoms with van der Waals surface area (Å²) in [6.07, 6.45) is -1.18. The summed E-state index contributed by atoms with van der Waals surface area (Å²) in [7, 11) is 0. The van der Waals surface area contributed by atoms with Gasteiger partial charge in [0.25, 0.3) is 0 Å². The van der Waals surface area contributed by atoms with Gasteiger partial charge in [-0.3, -0.25) is 9.63 Å². The summed E-state index contributed by atoms with van der Waals surface area (Å²) >= 11 is 6.35. The third-order valence-electron chi connectivity index (χ3n) is 5.97. The molecule has 32 heavy (non-hydrogen) atoms. The summed E-state index contributed by atoms with van der Waals surface area (Å²) in [6.45, 7) is 1.90. The van der Waals surface area contributed by atoms with Crippen molar-refractivity contribution in [2.75, 3.05) is 17.0 Å². The number of carbonyl (C=O) groups excluding carboxylic acids is 2. The third kappa shape index (κ3) is 2.98. The molecule has 1 amide bonds. The normalized spacial score (nSPS) is 23.8. The molecule has 2 aliphatic heterocycles. The van der Waals surface area contributed by atoms with Crippen LogP contribution in [0.5, 0.6) is 0 Å². The zero-order valence-electron chi connectivity index (χ0n) is 17.3. The number of para-hydroxylation sites is 2. The standard InChI is InChI=1S/C25H21ClN2O4/c1-2-31-23(29)22-25(19-13-6-7-14-20(19)27-24(25)30)21(16-9-8-10-17(26)15-16)28(32-22)18-11-4-3-5-12-18/h3-15,21-22H,2H2,1H3,(H,27,30). The van der Waals surface area contributed by atoms with Crippen molar-refractivity contribution in [1.29, 1.82) is 0 Å². The molecule has 3 aromatic carbocycles. The van der Waals surface area contributed by atoms with E-state index in [0.29, 0.717) is 22.0 Å². The Morgan fingerprint density at radius 2 is 1.84 bits per heavy atom. The number of hydrogen-bond donors (Lipinski definition) is 1. The number of nitrogens with zero attached hydrogens (tertiary/aromatic N) is 1. The molecular weight excluding hydrogens is 428 g/mol. The maximum Gasteiger partial charge on any atom is 0.339 e. The first kappa shape index (κ1) is 20.5. The molecule has 5 rings (SSSR count). The van der Waals surface area contributed by atoms with Crippen LogP contribution in [-0.2, 0) is 24.6 Å². The Morgan fingerprint density at radius 1 is 1.09 bits per heavy atom. The zero-order chi connectivity index (χ0) is 22.3. The van der Waals surface area contributed by atoms with Crippen molar-refractivity contribution in [2.24, 2.45) is 0 Å². The second-order valence-electron chi connectivity index (χ2n) is 7.73. The highest BCUT2D eigenvalue weighted by atomic mass is 35.5. The van der Waals surface area contributed by atoms with E-state index in [0.717, 1.165) is 5.56 Å². The summed E-state index contributed by atoms with van der Waals surface area (Å²) in [5.74, 6) is -0.912. The molecule has 0 aromatic heterocycles. The number of nitrogens with one attached hydrogen (secondary N) is 1. The van der Waals surface area contributed by atoms with E-state index in [1.54, 1.807) is 24.1 Å². The van der Waals surface area contributed by atoms with Gasteiger partial charge < -0.3 is 10.1 Å². The SMILES string of the molecule is CCOC(=O)C1ON(c2ccccc2)C(c2cccc(Cl)c2)C12C(=O)Nc1ccccc12. The van der Waals surface area contributed by atoms with E-state index < -0.39 is 23.5 Å². The molecule has 2 aliphatic rings. The predicted molar refractivity (Wildman–Crippen MR) is 121 cm³/mol. The highest BCUT2D eigenvalue weighted by Crippen LogP contribution is 2.57. The molecule has 162 valence electrons. The smallest absolute Gasteiger partial charge is 0.339 e. The van der Waals surface area contributed by atoms with E-state index in [1.165, 1.54) is 0 Å². The molecule has 0 aliphatic carbocycles. The highest BCUT2D eigenvalue weighted by Gasteiger charge is 2.68. The number of esters is 1. The van der Waals surface area contributed by atoms with Gasteiger partial charge in [-0.1, -0.05) is 60.1 Å². The quantitative estimate of drug-likeness (QED) is 0.588. The van der Waals surface area contributed by atoms with Gasteiger partial charge in [-0.05, 0) is 48.4 Å². The van der Waals surface area contributed by atoms with Crippen LogP contribution in [0.1, 0.15) is 24.1 Å². The number of carbonyl (C=O) groups is 2. The molecule has 1 fully saturated rings. The molecule has 7 heteroatoms. The number of ether oxygens (including phenoxy) is 1. The maximum atomic E-state index is 13.8. The van der Waals surface area contributed by atoms with Crippen LogP contribution in [0.2, 0.25) is 5.02 Å². The fraction of sp³-hybridized carbons (Fsp3) is 0.200. The topological polar surface area (TPSA) is 67.9 Å². The van der Waals surface area contributed by atoms with Crippen LogP contribution in [0, 0.1) is 0 Å². The van der Waals surface area contributed by atoms with Gasteiger partial charge in [-0.2, -0.15) is 0 Å². The van der Waals surface area contributed by atoms with Crippen LogP contribution >= 0.6 is 11.6 Å². The summed E-state index contributed by atoms with van der Waals surface area (Å²) < 4.78 is 5.37. The van der Waals surface area contributed by atoms with Crippen LogP contribution in [0.25, 0.3) is 0 Å². The number of halogens is 1. The van der Waals surface area contributed by atoms with E-state index in [-0.39, 0.29) is 12.5 Å². The third-order valence-corrected chi connectivity index (χ3v) is 6.21. The second kappa shape index (κ2) is 7.97. The molecule has 2 heterocycles. The first-order valence-electron chi connectivity index (χ1n) is 10.4. The minimum absolute atomic E-state index is 0.172. The summed E-state index contributed by atoms with van der Waals surface area (Å²) in [5.41, 5.74) is 1.42. The number of amides is 1. The van der Waals surface area contributed by atoms with Crippen molar-refractivity contribution in [3.05, 3.63) is 95.0 Å². The summed E-state index contributed by atoms with van der Waals surface area (Å²) in [5, 5.41) is 5.12. The Morgan fingerprint density at radius 3 is 2.59 bits per heavy atom. The lowest BCUT2D eigenvalue weighted by molar-refractivity contribution is -0.159. The number of fused-ring (bicyclic) bond motifs is 2. The predicted octanol–water partition coefficient (Wildman–Crippen LogP) is 4.65. The van der Waals surface area contributed by atoms with Gasteiger partial charge in [0, 0.05) is 10.7 Å². The molecule has 6 nitrogen and oxygen atoms in total. The zero-order valence-corrected chi connectivity index (χ0v) is 18.1. The number of hydroxylamine groups is 1. The molecule has 3 unspecified atom stereocenters. The lowest BCUT2D eigenvalue weighted by atomic mass is 9.69. The van der Waals surface area contributed by atoms with Crippen molar-refractivity contribution in [3.8, 4) is 0 Å². The minimum atomic E-state index is -1.37. The molecular formula is C25H21ClN2O4. The van der Waals surface area contributed by atoms with Crippen LogP contribution in [0.3, 0.4) is 0 Å². The van der Waals surface area contributed by atoms with Crippen LogP contribution in [0.4, 0.5) is 11.4 Å². The second-order valence-corrected chi connectivity index (χ2v) is 8.16. The Kier molecular flexibility index (Phi) is 5.12. The van der Waals surface area contributed by atoms with Crippen LogP contribution in [-0.4, -0.2) is 24.6 Å². The Balaban J connectivity index is 1.80. The minimum Gasteiger partial charge on any atom is -0.464 e. The van der Waals surface area contributed by atoms with Gasteiger partial charge >= 0.3 is 5.97 Å². The fourth-order valence-corrected chi connectivity index (χ4v) is 4.92. The maximum absolute atomic E-state index is 13.8. The molecule has 0 bridgehead atoms. The average Bonchev–Trinajstić information content (AvgIpc) is 3.31. The molecule has 1 N–H and O–H groups in total. The van der Waals surface area contributed by atoms with Crippen LogP contribution in [0.15, 0.2) is 78.9 Å². The molecule has 1 spiro atoms. The molecule has 0 saturated carbocycles. The number of benzene rings is 3. The molecule has 1 saturated heterocycles. The van der Waals surface area contributed by atoms with Gasteiger partial charge in [0.05, 0.1) is 12.3 Å². The molecule has 3 aromatic rings. The highest BCUT2D eigenvalue weighted by molar-refractivity contribution is 6.30. The Hall–Kier alpha value is -3.35. The summed E-state index contributed by atoms with van der Waals surface area (Å²) in [6, 6.07) is 23.4. The van der Waals surface area contributed by atoms with Gasteiger partial charge in [0.15, 0.2) is 0 Å². The Bertz CT molecular complexity index is 1190. The lowest BCUT2D eigenvalue weighted by Crippen LogP contribution is -2.50. The monoisotopic (exact) mass is 448 g/mol. The first-order chi connectivity index (χ1) is 15.6. The van der Waals surface area contributed by atoms with Gasteiger partial charge in [0.1, 0.15) is 11.5 Å². The van der Waals surface area contributed by atoms with Crippen LogP contribution < -0.4 is 10.4 Å². The molecule has 3 atom stereocenters. The lowest BCUT2D eigenvalue weighted by Gasteiger charge is -2.33. The van der Waals surface area contributed by atoms with Crippen molar-refractivity contribution < 1.29 is 19.2 Å². The Labute approximate surface area is 190 Å². The number of anilines is 2. The van der Waals surface area contributed by atoms with E-state index in [1.807, 2.05) is 66.7 Å². The number of rotatable bonds is 4. The first-order valence-corrected chi connectivity index (χ1v) is 10.8. The van der Waals surface area contributed by atoms with Crippen molar-refractivity contribution in [2.45, 2.75) is 24.5 Å². The van der Waals surface area contributed by atoms with Gasteiger partial charge in [-0.15, -0.1) is 0 Å². The van der Waals surface area contributed by atoms with Gasteiger partial charge in [0.2, 0.25) is 12.0 Å². The van der Waals surface area contributed by atoms with Crippen molar-refractivity contribution >= 4 is 34.9 Å². The largest absolute Gasteiger partial charge is 0.464 e. The summed E-state index contributed by atoms with van der Waals surface area (Å²) in [4.78, 5) is 33.3. The van der Waals surface area contributed by atoms with E-state index >= 15 is 0 Å².